The van der Waals surface area contributed by atoms with Crippen LogP contribution in [0.25, 0.3) is 11.0 Å². The van der Waals surface area contributed by atoms with Crippen molar-refractivity contribution in [2.24, 2.45) is 7.05 Å². The van der Waals surface area contributed by atoms with Crippen molar-refractivity contribution in [2.45, 2.75) is 13.5 Å². The number of anilines is 1. The fourth-order valence-corrected chi connectivity index (χ4v) is 2.30. The number of nitrogens with two attached hydrogens (primary N) is 1. The van der Waals surface area contributed by atoms with Gasteiger partial charge in [-0.1, -0.05) is 0 Å². The summed E-state index contributed by atoms with van der Waals surface area (Å²) in [5, 5.41) is 4.79. The van der Waals surface area contributed by atoms with Crippen molar-refractivity contribution in [3.63, 3.8) is 0 Å². The highest BCUT2D eigenvalue weighted by molar-refractivity contribution is 9.10. The zero-order chi connectivity index (χ0) is 15.1. The monoisotopic (exact) mass is 349 g/mol. The zero-order valence-electron chi connectivity index (χ0n) is 11.4. The predicted octanol–water partition coefficient (Wildman–Crippen LogP) is 0.621. The van der Waals surface area contributed by atoms with E-state index in [4.69, 9.17) is 5.73 Å². The minimum atomic E-state index is -0.185. The van der Waals surface area contributed by atoms with Crippen LogP contribution in [0.4, 0.5) is 5.82 Å². The average Bonchev–Trinajstić information content (AvgIpc) is 2.82. The van der Waals surface area contributed by atoms with Crippen LogP contribution in [0.2, 0.25) is 0 Å². The van der Waals surface area contributed by atoms with Crippen molar-refractivity contribution >= 4 is 32.8 Å². The number of fused-ring (bicyclic) bond motifs is 1. The molecule has 0 saturated carbocycles. The van der Waals surface area contributed by atoms with Crippen molar-refractivity contribution in [1.29, 1.82) is 0 Å². The van der Waals surface area contributed by atoms with Gasteiger partial charge in [0, 0.05) is 7.05 Å². The molecule has 2 N–H and O–H groups in total. The fraction of sp³-hybridized carbons (Fsp3) is 0.250. The molecule has 8 nitrogen and oxygen atoms in total. The lowest BCUT2D eigenvalue weighted by atomic mass is 10.4. The first-order chi connectivity index (χ1) is 9.97. The van der Waals surface area contributed by atoms with Crippen LogP contribution in [-0.4, -0.2) is 29.3 Å². The first-order valence-corrected chi connectivity index (χ1v) is 6.92. The molecule has 3 rings (SSSR count). The van der Waals surface area contributed by atoms with E-state index in [9.17, 15) is 4.79 Å². The maximum atomic E-state index is 12.1. The highest BCUT2D eigenvalue weighted by Gasteiger charge is 2.11. The van der Waals surface area contributed by atoms with Crippen LogP contribution < -0.4 is 11.3 Å². The molecule has 0 aliphatic carbocycles. The van der Waals surface area contributed by atoms with Crippen molar-refractivity contribution in [1.82, 2.24) is 29.3 Å². The van der Waals surface area contributed by atoms with E-state index in [0.29, 0.717) is 32.8 Å². The van der Waals surface area contributed by atoms with Gasteiger partial charge in [-0.3, -0.25) is 14.0 Å². The minimum Gasteiger partial charge on any atom is -0.383 e. The summed E-state index contributed by atoms with van der Waals surface area (Å²) < 4.78 is 3.47. The van der Waals surface area contributed by atoms with Crippen molar-refractivity contribution in [3.8, 4) is 0 Å². The Morgan fingerprint density at radius 2 is 2.14 bits per heavy atom. The van der Waals surface area contributed by atoms with E-state index in [2.05, 4.69) is 36.0 Å². The Bertz CT molecular complexity index is 898. The Morgan fingerprint density at radius 1 is 1.38 bits per heavy atom. The van der Waals surface area contributed by atoms with Crippen LogP contribution in [0.5, 0.6) is 0 Å². The maximum Gasteiger partial charge on any atom is 0.268 e. The number of hydrogen-bond acceptors (Lipinski definition) is 6. The molecule has 3 aromatic heterocycles. The lowest BCUT2D eigenvalue weighted by Gasteiger charge is -2.07. The molecular weight excluding hydrogens is 338 g/mol. The Labute approximate surface area is 127 Å². The van der Waals surface area contributed by atoms with Gasteiger partial charge in [0.05, 0.1) is 30.1 Å². The number of rotatable bonds is 2. The van der Waals surface area contributed by atoms with Gasteiger partial charge in [0.2, 0.25) is 0 Å². The standard InChI is InChI=1S/C12H12BrN7O/c1-6-9(13)12(21)20(5-15-6)4-8-17-10(14)7-3-16-19(2)11(7)18-8/h3,5H,4H2,1-2H3,(H2,14,17,18). The zero-order valence-corrected chi connectivity index (χ0v) is 13.0. The second kappa shape index (κ2) is 4.92. The maximum absolute atomic E-state index is 12.1. The molecule has 9 heteroatoms. The second-order valence-electron chi connectivity index (χ2n) is 4.61. The highest BCUT2D eigenvalue weighted by atomic mass is 79.9. The predicted molar refractivity (Wildman–Crippen MR) is 80.8 cm³/mol. The number of hydrogen-bond donors (Lipinski definition) is 1. The molecule has 0 fully saturated rings. The van der Waals surface area contributed by atoms with Gasteiger partial charge in [0.25, 0.3) is 5.56 Å². The van der Waals surface area contributed by atoms with Crippen molar-refractivity contribution < 1.29 is 0 Å². The van der Waals surface area contributed by atoms with E-state index in [1.165, 1.54) is 10.9 Å². The van der Waals surface area contributed by atoms with Crippen LogP contribution >= 0.6 is 15.9 Å². The van der Waals surface area contributed by atoms with E-state index in [1.807, 2.05) is 0 Å². The molecule has 0 aliphatic heterocycles. The summed E-state index contributed by atoms with van der Waals surface area (Å²) in [6, 6.07) is 0. The minimum absolute atomic E-state index is 0.185. The fourth-order valence-electron chi connectivity index (χ4n) is 1.97. The van der Waals surface area contributed by atoms with Gasteiger partial charge in [0.15, 0.2) is 11.5 Å². The molecule has 108 valence electrons. The Morgan fingerprint density at radius 3 is 2.90 bits per heavy atom. The molecule has 0 radical (unpaired) electrons. The summed E-state index contributed by atoms with van der Waals surface area (Å²) in [6.07, 6.45) is 3.08. The van der Waals surface area contributed by atoms with Gasteiger partial charge in [-0.05, 0) is 22.9 Å². The van der Waals surface area contributed by atoms with Crippen molar-refractivity contribution in [3.05, 3.63) is 38.9 Å². The van der Waals surface area contributed by atoms with E-state index in [0.717, 1.165) is 0 Å². The molecule has 0 amide bonds. The molecule has 3 aromatic rings. The van der Waals surface area contributed by atoms with E-state index in [1.54, 1.807) is 24.9 Å². The molecule has 3 heterocycles. The topological polar surface area (TPSA) is 105 Å². The summed E-state index contributed by atoms with van der Waals surface area (Å²) >= 11 is 3.23. The molecule has 0 aliphatic rings. The van der Waals surface area contributed by atoms with E-state index in [-0.39, 0.29) is 12.1 Å². The van der Waals surface area contributed by atoms with Gasteiger partial charge in [0.1, 0.15) is 10.3 Å². The number of halogens is 1. The molecule has 0 atom stereocenters. The van der Waals surface area contributed by atoms with Gasteiger partial charge >= 0.3 is 0 Å². The number of aryl methyl sites for hydroxylation is 2. The summed E-state index contributed by atoms with van der Waals surface area (Å²) in [6.45, 7) is 1.95. The third-order valence-electron chi connectivity index (χ3n) is 3.14. The summed E-state index contributed by atoms with van der Waals surface area (Å²) in [7, 11) is 1.77. The quantitative estimate of drug-likeness (QED) is 0.727. The summed E-state index contributed by atoms with van der Waals surface area (Å²) in [5.41, 5.74) is 6.98. The molecular formula is C12H12BrN7O. The number of nitrogen functional groups attached to an aromatic ring is 1. The van der Waals surface area contributed by atoms with Gasteiger partial charge in [-0.2, -0.15) is 5.10 Å². The van der Waals surface area contributed by atoms with Crippen LogP contribution in [-0.2, 0) is 13.6 Å². The molecule has 0 aromatic carbocycles. The Hall–Kier alpha value is -2.29. The molecule has 21 heavy (non-hydrogen) atoms. The van der Waals surface area contributed by atoms with Gasteiger partial charge < -0.3 is 5.73 Å². The van der Waals surface area contributed by atoms with Crippen LogP contribution in [0.1, 0.15) is 11.5 Å². The average molecular weight is 350 g/mol. The summed E-state index contributed by atoms with van der Waals surface area (Å²) in [5.74, 6) is 0.776. The van der Waals surface area contributed by atoms with E-state index >= 15 is 0 Å². The number of aromatic nitrogens is 6. The lowest BCUT2D eigenvalue weighted by molar-refractivity contribution is 0.688. The third kappa shape index (κ3) is 2.29. The second-order valence-corrected chi connectivity index (χ2v) is 5.40. The van der Waals surface area contributed by atoms with Crippen LogP contribution in [0.15, 0.2) is 21.8 Å². The smallest absolute Gasteiger partial charge is 0.268 e. The molecule has 0 bridgehead atoms. The first-order valence-electron chi connectivity index (χ1n) is 6.13. The Kier molecular flexibility index (Phi) is 3.20. The highest BCUT2D eigenvalue weighted by Crippen LogP contribution is 2.16. The van der Waals surface area contributed by atoms with Crippen LogP contribution in [0, 0.1) is 6.92 Å². The lowest BCUT2D eigenvalue weighted by Crippen LogP contribution is -2.23. The van der Waals surface area contributed by atoms with Crippen LogP contribution in [0.3, 0.4) is 0 Å². The number of nitrogens with zero attached hydrogens (tertiary/aromatic N) is 6. The third-order valence-corrected chi connectivity index (χ3v) is 4.05. The van der Waals surface area contributed by atoms with Gasteiger partial charge in [-0.25, -0.2) is 15.0 Å². The first kappa shape index (κ1) is 13.7. The van der Waals surface area contributed by atoms with E-state index < -0.39 is 0 Å². The molecule has 0 saturated heterocycles. The SMILES string of the molecule is Cc1ncn(Cc2nc(N)c3cnn(C)c3n2)c(=O)c1Br. The molecule has 0 spiro atoms. The largest absolute Gasteiger partial charge is 0.383 e. The Balaban J connectivity index is 2.08. The molecule has 0 unspecified atom stereocenters. The van der Waals surface area contributed by atoms with Gasteiger partial charge in [-0.15, -0.1) is 0 Å². The van der Waals surface area contributed by atoms with Crippen molar-refractivity contribution in [2.75, 3.05) is 5.73 Å². The summed E-state index contributed by atoms with van der Waals surface area (Å²) in [4.78, 5) is 24.9. The normalized spacial score (nSPS) is 11.2.